The lowest BCUT2D eigenvalue weighted by Gasteiger charge is -2.12. The van der Waals surface area contributed by atoms with Gasteiger partial charge in [-0.2, -0.15) is 0 Å². The fourth-order valence-electron chi connectivity index (χ4n) is 1.57. The number of nitrogens with two attached hydrogens (primary N) is 1. The van der Waals surface area contributed by atoms with Gasteiger partial charge in [-0.15, -0.1) is 0 Å². The number of halogens is 1. The molecule has 2 fully saturated rings. The minimum Gasteiger partial charge on any atom is -0.371 e. The fourth-order valence-corrected chi connectivity index (χ4v) is 2.01. The van der Waals surface area contributed by atoms with Crippen molar-refractivity contribution in [2.45, 2.75) is 24.4 Å². The Morgan fingerprint density at radius 3 is 2.73 bits per heavy atom. The third-order valence-corrected chi connectivity index (χ3v) is 2.81. The largest absolute Gasteiger partial charge is 0.371 e. The van der Waals surface area contributed by atoms with E-state index in [1.165, 1.54) is 0 Å². The highest BCUT2D eigenvalue weighted by atomic mass is 127. The van der Waals surface area contributed by atoms with Crippen molar-refractivity contribution in [3.05, 3.63) is 0 Å². The highest BCUT2D eigenvalue weighted by Gasteiger charge is 2.46. The summed E-state index contributed by atoms with van der Waals surface area (Å²) in [5.41, 5.74) is 5.73. The molecule has 0 radical (unpaired) electrons. The molecule has 2 aliphatic rings. The van der Waals surface area contributed by atoms with Crippen molar-refractivity contribution in [3.63, 3.8) is 0 Å². The highest BCUT2D eigenvalue weighted by Crippen LogP contribution is 2.28. The minimum atomic E-state index is 0.0246. The zero-order valence-electron chi connectivity index (χ0n) is 5.90. The molecule has 0 amide bonds. The molecule has 11 heavy (non-hydrogen) atoms. The Morgan fingerprint density at radius 2 is 2.00 bits per heavy atom. The van der Waals surface area contributed by atoms with Crippen LogP contribution >= 0.6 is 23.0 Å². The topological polar surface area (TPSA) is 53.7 Å². The summed E-state index contributed by atoms with van der Waals surface area (Å²) >= 11 is 1.87. The molecule has 2 rings (SSSR count). The number of hydrogen-bond donors (Lipinski definition) is 1. The Balaban J connectivity index is 2.04. The van der Waals surface area contributed by atoms with E-state index in [-0.39, 0.29) is 24.4 Å². The predicted octanol–water partition coefficient (Wildman–Crippen LogP) is -0.154. The maximum absolute atomic E-state index is 5.73. The maximum atomic E-state index is 5.73. The van der Waals surface area contributed by atoms with E-state index >= 15 is 0 Å². The van der Waals surface area contributed by atoms with Gasteiger partial charge in [-0.05, 0) is 0 Å². The molecular formula is C6H10INO3. The van der Waals surface area contributed by atoms with Gasteiger partial charge in [0.2, 0.25) is 0 Å². The van der Waals surface area contributed by atoms with Gasteiger partial charge in [0.1, 0.15) is 41.3 Å². The van der Waals surface area contributed by atoms with Crippen LogP contribution in [-0.2, 0) is 12.5 Å². The van der Waals surface area contributed by atoms with Gasteiger partial charge in [0.15, 0.2) is 0 Å². The zero-order valence-corrected chi connectivity index (χ0v) is 8.06. The standard InChI is InChI=1S/C6H10INO3/c7-11-4-2-10-5-3(8)1-9-6(4)5/h3-6H,1-2,8H2. The lowest BCUT2D eigenvalue weighted by molar-refractivity contribution is 0.0470. The predicted molar refractivity (Wildman–Crippen MR) is 46.3 cm³/mol. The van der Waals surface area contributed by atoms with Crippen molar-refractivity contribution >= 4 is 23.0 Å². The quantitative estimate of drug-likeness (QED) is 0.674. The molecule has 0 saturated carbocycles. The Labute approximate surface area is 79.0 Å². The van der Waals surface area contributed by atoms with Gasteiger partial charge in [-0.1, -0.05) is 0 Å². The molecule has 0 aliphatic carbocycles. The molecule has 4 unspecified atom stereocenters. The van der Waals surface area contributed by atoms with E-state index in [4.69, 9.17) is 18.3 Å². The van der Waals surface area contributed by atoms with Crippen molar-refractivity contribution in [1.29, 1.82) is 0 Å². The molecular weight excluding hydrogens is 261 g/mol. The molecule has 2 saturated heterocycles. The molecule has 5 heteroatoms. The third-order valence-electron chi connectivity index (χ3n) is 2.16. The van der Waals surface area contributed by atoms with Crippen molar-refractivity contribution in [1.82, 2.24) is 0 Å². The number of hydrogen-bond acceptors (Lipinski definition) is 4. The molecule has 2 aliphatic heterocycles. The monoisotopic (exact) mass is 271 g/mol. The first kappa shape index (κ1) is 8.18. The van der Waals surface area contributed by atoms with Gasteiger partial charge in [-0.3, -0.25) is 0 Å². The van der Waals surface area contributed by atoms with Gasteiger partial charge >= 0.3 is 0 Å². The van der Waals surface area contributed by atoms with Crippen LogP contribution in [0.25, 0.3) is 0 Å². The Hall–Kier alpha value is 0.570. The Morgan fingerprint density at radius 1 is 1.27 bits per heavy atom. The first-order valence-electron chi connectivity index (χ1n) is 3.59. The minimum absolute atomic E-state index is 0.0246. The average molecular weight is 271 g/mol. The van der Waals surface area contributed by atoms with Gasteiger partial charge in [0.05, 0.1) is 19.3 Å². The van der Waals surface area contributed by atoms with Gasteiger partial charge < -0.3 is 18.3 Å². The van der Waals surface area contributed by atoms with Gasteiger partial charge in [-0.25, -0.2) is 0 Å². The summed E-state index contributed by atoms with van der Waals surface area (Å²) in [5, 5.41) is 0. The van der Waals surface area contributed by atoms with E-state index in [9.17, 15) is 0 Å². The van der Waals surface area contributed by atoms with Gasteiger partial charge in [0, 0.05) is 0 Å². The number of ether oxygens (including phenoxy) is 2. The normalized spacial score (nSPS) is 49.6. The number of rotatable bonds is 1. The zero-order chi connectivity index (χ0) is 7.84. The molecule has 4 atom stereocenters. The first-order valence-corrected chi connectivity index (χ1v) is 4.47. The van der Waals surface area contributed by atoms with E-state index < -0.39 is 0 Å². The van der Waals surface area contributed by atoms with Crippen LogP contribution in [0, 0.1) is 0 Å². The van der Waals surface area contributed by atoms with Crippen molar-refractivity contribution in [2.24, 2.45) is 5.73 Å². The summed E-state index contributed by atoms with van der Waals surface area (Å²) in [7, 11) is 0. The smallest absolute Gasteiger partial charge is 0.122 e. The lowest BCUT2D eigenvalue weighted by Crippen LogP contribution is -2.36. The molecule has 0 aromatic heterocycles. The van der Waals surface area contributed by atoms with E-state index in [2.05, 4.69) is 0 Å². The summed E-state index contributed by atoms with van der Waals surface area (Å²) in [6.07, 6.45) is 0.172. The molecule has 0 aromatic rings. The van der Waals surface area contributed by atoms with E-state index in [0.29, 0.717) is 13.2 Å². The summed E-state index contributed by atoms with van der Waals surface area (Å²) in [6.45, 7) is 1.19. The third kappa shape index (κ3) is 1.29. The highest BCUT2D eigenvalue weighted by molar-refractivity contribution is 14.1. The van der Waals surface area contributed by atoms with Crippen LogP contribution in [0.5, 0.6) is 0 Å². The van der Waals surface area contributed by atoms with E-state index in [0.717, 1.165) is 0 Å². The molecule has 64 valence electrons. The van der Waals surface area contributed by atoms with Crippen LogP contribution in [0.3, 0.4) is 0 Å². The van der Waals surface area contributed by atoms with Gasteiger partial charge in [0.25, 0.3) is 0 Å². The molecule has 0 aromatic carbocycles. The maximum Gasteiger partial charge on any atom is 0.122 e. The lowest BCUT2D eigenvalue weighted by atomic mass is 10.1. The summed E-state index contributed by atoms with van der Waals surface area (Å²) in [4.78, 5) is 0. The van der Waals surface area contributed by atoms with Crippen molar-refractivity contribution < 1.29 is 12.5 Å². The second-order valence-corrected chi connectivity index (χ2v) is 3.40. The van der Waals surface area contributed by atoms with Crippen LogP contribution in [0.1, 0.15) is 0 Å². The molecule has 2 heterocycles. The van der Waals surface area contributed by atoms with Crippen LogP contribution < -0.4 is 5.73 Å². The van der Waals surface area contributed by atoms with Crippen LogP contribution in [0.15, 0.2) is 0 Å². The van der Waals surface area contributed by atoms with Crippen molar-refractivity contribution in [3.8, 4) is 0 Å². The summed E-state index contributed by atoms with van der Waals surface area (Å²) < 4.78 is 16.0. The molecule has 0 spiro atoms. The first-order chi connectivity index (χ1) is 5.33. The Kier molecular flexibility index (Phi) is 2.33. The van der Waals surface area contributed by atoms with Crippen LogP contribution in [0.4, 0.5) is 0 Å². The van der Waals surface area contributed by atoms with Crippen molar-refractivity contribution in [2.75, 3.05) is 13.2 Å². The fraction of sp³-hybridized carbons (Fsp3) is 1.00. The summed E-state index contributed by atoms with van der Waals surface area (Å²) in [6, 6.07) is 0.0246. The van der Waals surface area contributed by atoms with Crippen LogP contribution in [0.2, 0.25) is 0 Å². The van der Waals surface area contributed by atoms with E-state index in [1.54, 1.807) is 0 Å². The Bertz CT molecular complexity index is 157. The second kappa shape index (κ2) is 3.14. The molecule has 0 bridgehead atoms. The van der Waals surface area contributed by atoms with E-state index in [1.807, 2.05) is 23.0 Å². The molecule has 2 N–H and O–H groups in total. The molecule has 4 nitrogen and oxygen atoms in total. The average Bonchev–Trinajstić information content (AvgIpc) is 2.53. The second-order valence-electron chi connectivity index (χ2n) is 2.89. The SMILES string of the molecule is NC1COC2C(OI)COC12. The van der Waals surface area contributed by atoms with Crippen LogP contribution in [-0.4, -0.2) is 37.6 Å². The summed E-state index contributed by atoms with van der Waals surface area (Å²) in [5.74, 6) is 0. The number of fused-ring (bicyclic) bond motifs is 1.